The second-order valence-corrected chi connectivity index (χ2v) is 10.4. The van der Waals surface area contributed by atoms with Crippen LogP contribution in [-0.2, 0) is 10.0 Å². The topological polar surface area (TPSA) is 92.5 Å². The summed E-state index contributed by atoms with van der Waals surface area (Å²) >= 11 is 0. The fraction of sp³-hybridized carbons (Fsp3) is 0.650. The van der Waals surface area contributed by atoms with Crippen LogP contribution in [0.3, 0.4) is 0 Å². The number of carbonyl (C=O) groups is 1. The highest BCUT2D eigenvalue weighted by Gasteiger charge is 2.34. The van der Waals surface area contributed by atoms with Crippen LogP contribution in [0.4, 0.5) is 0 Å². The van der Waals surface area contributed by atoms with Crippen molar-refractivity contribution < 1.29 is 13.2 Å². The molecule has 2 atom stereocenters. The van der Waals surface area contributed by atoms with Gasteiger partial charge in [0.2, 0.25) is 10.0 Å². The first-order chi connectivity index (χ1) is 12.8. The average molecular weight is 394 g/mol. The number of rotatable bonds is 5. The van der Waals surface area contributed by atoms with E-state index in [0.717, 1.165) is 32.1 Å². The average Bonchev–Trinajstić information content (AvgIpc) is 3.10. The van der Waals surface area contributed by atoms with Crippen molar-refractivity contribution in [3.8, 4) is 0 Å². The van der Waals surface area contributed by atoms with Crippen molar-refractivity contribution in [1.82, 2.24) is 9.62 Å². The maximum absolute atomic E-state index is 12.9. The van der Waals surface area contributed by atoms with E-state index in [2.05, 4.69) is 19.2 Å². The van der Waals surface area contributed by atoms with Crippen LogP contribution in [0.15, 0.2) is 29.2 Å². The largest absolute Gasteiger partial charge is 0.345 e. The molecule has 7 heteroatoms. The summed E-state index contributed by atoms with van der Waals surface area (Å²) in [4.78, 5) is 12.8. The maximum Gasteiger partial charge on any atom is 0.251 e. The number of nitrogens with one attached hydrogen (secondary N) is 1. The number of piperidine rings is 1. The lowest BCUT2D eigenvalue weighted by molar-refractivity contribution is 0.0903. The van der Waals surface area contributed by atoms with Crippen LogP contribution >= 0.6 is 0 Å². The van der Waals surface area contributed by atoms with Crippen LogP contribution < -0.4 is 11.1 Å². The minimum Gasteiger partial charge on any atom is -0.345 e. The van der Waals surface area contributed by atoms with Gasteiger partial charge >= 0.3 is 0 Å². The Kier molecular flexibility index (Phi) is 5.93. The monoisotopic (exact) mass is 393 g/mol. The highest BCUT2D eigenvalue weighted by molar-refractivity contribution is 7.89. The third-order valence-electron chi connectivity index (χ3n) is 5.92. The van der Waals surface area contributed by atoms with E-state index in [4.69, 9.17) is 5.73 Å². The van der Waals surface area contributed by atoms with Crippen LogP contribution in [0.2, 0.25) is 0 Å². The summed E-state index contributed by atoms with van der Waals surface area (Å²) in [6.45, 7) is 5.70. The lowest BCUT2D eigenvalue weighted by atomic mass is 9.94. The van der Waals surface area contributed by atoms with Crippen molar-refractivity contribution in [1.29, 1.82) is 0 Å². The van der Waals surface area contributed by atoms with Gasteiger partial charge in [0.05, 0.1) is 10.4 Å². The first-order valence-electron chi connectivity index (χ1n) is 9.88. The molecule has 1 aliphatic heterocycles. The van der Waals surface area contributed by atoms with Gasteiger partial charge in [-0.05, 0) is 55.4 Å². The standard InChI is InChI=1S/C20H31N3O3S/c1-15-11-16(2)13-23(12-15)27(25,26)18-7-5-17(6-8-18)19(24)22-20(14-21)9-3-4-10-20/h5-8,15-16H,3-4,9-14,21H2,1-2H3,(H,22,24). The van der Waals surface area contributed by atoms with E-state index in [1.807, 2.05) is 0 Å². The Morgan fingerprint density at radius 3 is 2.22 bits per heavy atom. The van der Waals surface area contributed by atoms with Crippen LogP contribution in [0, 0.1) is 11.8 Å². The Hall–Kier alpha value is -1.44. The molecule has 1 aromatic carbocycles. The second-order valence-electron chi connectivity index (χ2n) is 8.44. The summed E-state index contributed by atoms with van der Waals surface area (Å²) in [5, 5.41) is 3.07. The third kappa shape index (κ3) is 4.36. The van der Waals surface area contributed by atoms with Gasteiger partial charge in [-0.3, -0.25) is 4.79 Å². The Morgan fingerprint density at radius 2 is 1.70 bits per heavy atom. The van der Waals surface area contributed by atoms with Gasteiger partial charge in [0.25, 0.3) is 5.91 Å². The molecule has 3 rings (SSSR count). The van der Waals surface area contributed by atoms with Gasteiger partial charge in [-0.1, -0.05) is 26.7 Å². The Balaban J connectivity index is 1.73. The molecule has 0 aromatic heterocycles. The summed E-state index contributed by atoms with van der Waals surface area (Å²) in [5.74, 6) is 0.520. The number of benzene rings is 1. The first kappa shape index (κ1) is 20.3. The van der Waals surface area contributed by atoms with E-state index in [0.29, 0.717) is 37.0 Å². The molecule has 0 spiro atoms. The number of hydrogen-bond acceptors (Lipinski definition) is 4. The Morgan fingerprint density at radius 1 is 1.15 bits per heavy atom. The van der Waals surface area contributed by atoms with Crippen molar-refractivity contribution in [3.05, 3.63) is 29.8 Å². The molecule has 0 bridgehead atoms. The van der Waals surface area contributed by atoms with E-state index in [1.165, 1.54) is 12.1 Å². The number of nitrogens with zero attached hydrogens (tertiary/aromatic N) is 1. The summed E-state index contributed by atoms with van der Waals surface area (Å²) in [7, 11) is -3.53. The van der Waals surface area contributed by atoms with Crippen molar-refractivity contribution in [3.63, 3.8) is 0 Å². The lowest BCUT2D eigenvalue weighted by Crippen LogP contribution is -2.51. The summed E-state index contributed by atoms with van der Waals surface area (Å²) < 4.78 is 27.5. The molecule has 1 amide bonds. The highest BCUT2D eigenvalue weighted by atomic mass is 32.2. The molecule has 2 fully saturated rings. The molecular formula is C20H31N3O3S. The van der Waals surface area contributed by atoms with Crippen molar-refractivity contribution in [2.24, 2.45) is 17.6 Å². The number of nitrogens with two attached hydrogens (primary N) is 1. The van der Waals surface area contributed by atoms with Gasteiger partial charge < -0.3 is 11.1 Å². The Bertz CT molecular complexity index is 760. The fourth-order valence-electron chi connectivity index (χ4n) is 4.47. The third-order valence-corrected chi connectivity index (χ3v) is 7.77. The van der Waals surface area contributed by atoms with Crippen LogP contribution in [0.5, 0.6) is 0 Å². The zero-order valence-corrected chi connectivity index (χ0v) is 17.1. The fourth-order valence-corrected chi connectivity index (χ4v) is 6.15. The van der Waals surface area contributed by atoms with Crippen molar-refractivity contribution in [2.45, 2.75) is 56.4 Å². The molecule has 27 heavy (non-hydrogen) atoms. The minimum absolute atomic E-state index is 0.188. The lowest BCUT2D eigenvalue weighted by Gasteiger charge is -2.34. The molecule has 1 aliphatic carbocycles. The number of sulfonamides is 1. The second kappa shape index (κ2) is 7.89. The van der Waals surface area contributed by atoms with Crippen LogP contribution in [-0.4, -0.2) is 43.8 Å². The molecule has 1 saturated heterocycles. The van der Waals surface area contributed by atoms with Crippen LogP contribution in [0.1, 0.15) is 56.3 Å². The summed E-state index contributed by atoms with van der Waals surface area (Å²) in [6, 6.07) is 6.27. The predicted molar refractivity (Wildman–Crippen MR) is 106 cm³/mol. The zero-order valence-electron chi connectivity index (χ0n) is 16.3. The Labute approximate surface area is 162 Å². The minimum atomic E-state index is -3.53. The number of carbonyl (C=O) groups excluding carboxylic acids is 1. The van der Waals surface area contributed by atoms with E-state index in [9.17, 15) is 13.2 Å². The normalized spacial score (nSPS) is 26.0. The molecule has 1 heterocycles. The highest BCUT2D eigenvalue weighted by Crippen LogP contribution is 2.29. The molecule has 150 valence electrons. The summed E-state index contributed by atoms with van der Waals surface area (Å²) in [5.41, 5.74) is 6.03. The molecule has 0 radical (unpaired) electrons. The van der Waals surface area contributed by atoms with Gasteiger partial charge in [-0.15, -0.1) is 0 Å². The molecule has 1 saturated carbocycles. The smallest absolute Gasteiger partial charge is 0.251 e. The molecule has 1 aromatic rings. The SMILES string of the molecule is CC1CC(C)CN(S(=O)(=O)c2ccc(C(=O)NC3(CN)CCCC3)cc2)C1. The van der Waals surface area contributed by atoms with E-state index < -0.39 is 10.0 Å². The summed E-state index contributed by atoms with van der Waals surface area (Å²) in [6.07, 6.45) is 4.98. The maximum atomic E-state index is 12.9. The molecule has 6 nitrogen and oxygen atoms in total. The molecule has 2 unspecified atom stereocenters. The molecule has 2 aliphatic rings. The molecular weight excluding hydrogens is 362 g/mol. The van der Waals surface area contributed by atoms with Gasteiger partial charge in [0.15, 0.2) is 0 Å². The van der Waals surface area contributed by atoms with Gasteiger partial charge in [0.1, 0.15) is 0 Å². The predicted octanol–water partition coefficient (Wildman–Crippen LogP) is 2.35. The van der Waals surface area contributed by atoms with Gasteiger partial charge in [-0.2, -0.15) is 4.31 Å². The molecule has 3 N–H and O–H groups in total. The van der Waals surface area contributed by atoms with E-state index in [1.54, 1.807) is 16.4 Å². The van der Waals surface area contributed by atoms with E-state index in [-0.39, 0.29) is 16.3 Å². The van der Waals surface area contributed by atoms with Gasteiger partial charge in [-0.25, -0.2) is 8.42 Å². The zero-order chi connectivity index (χ0) is 19.7. The van der Waals surface area contributed by atoms with Crippen molar-refractivity contribution in [2.75, 3.05) is 19.6 Å². The first-order valence-corrected chi connectivity index (χ1v) is 11.3. The van der Waals surface area contributed by atoms with E-state index >= 15 is 0 Å². The van der Waals surface area contributed by atoms with Crippen molar-refractivity contribution >= 4 is 15.9 Å². The van der Waals surface area contributed by atoms with Crippen LogP contribution in [0.25, 0.3) is 0 Å². The van der Waals surface area contributed by atoms with Gasteiger partial charge in [0, 0.05) is 25.2 Å². The number of amides is 1. The quantitative estimate of drug-likeness (QED) is 0.803. The number of hydrogen-bond donors (Lipinski definition) is 2.